The number of allylic oxidation sites excluding steroid dienone is 2. The van der Waals surface area contributed by atoms with E-state index in [2.05, 4.69) is 26.0 Å². The largest absolute Gasteiger partial charge is 0.472 e. The van der Waals surface area contributed by atoms with Crippen molar-refractivity contribution in [1.29, 1.82) is 0 Å². The van der Waals surface area contributed by atoms with Crippen LogP contribution in [-0.2, 0) is 32.7 Å². The molecule has 342 valence electrons. The number of carbonyl (C=O) groups is 2. The summed E-state index contributed by atoms with van der Waals surface area (Å²) in [7, 11) is -5.11. The summed E-state index contributed by atoms with van der Waals surface area (Å²) in [4.78, 5) is 35.5. The highest BCUT2D eigenvalue weighted by Crippen LogP contribution is 2.47. The van der Waals surface area contributed by atoms with Gasteiger partial charge in [0.2, 0.25) is 0 Å². The number of phosphoric ester groups is 1. The number of rotatable bonds is 38. The fraction of sp³-hybridized carbons (Fsp3) is 0.909. The maximum absolute atomic E-state index is 12.8. The molecule has 6 atom stereocenters. The van der Waals surface area contributed by atoms with E-state index in [0.717, 1.165) is 51.4 Å². The van der Waals surface area contributed by atoms with Crippen molar-refractivity contribution in [3.63, 3.8) is 0 Å². The van der Waals surface area contributed by atoms with Gasteiger partial charge in [-0.25, -0.2) is 4.57 Å². The van der Waals surface area contributed by atoms with Crippen molar-refractivity contribution in [3.8, 4) is 0 Å². The van der Waals surface area contributed by atoms with Gasteiger partial charge < -0.3 is 39.9 Å². The van der Waals surface area contributed by atoms with Gasteiger partial charge >= 0.3 is 19.8 Å². The van der Waals surface area contributed by atoms with Crippen LogP contribution in [0.5, 0.6) is 0 Å². The first-order chi connectivity index (χ1) is 27.9. The quantitative estimate of drug-likeness (QED) is 0.0149. The summed E-state index contributed by atoms with van der Waals surface area (Å²) in [5.74, 6) is -1.10. The minimum Gasteiger partial charge on any atom is -0.462 e. The zero-order valence-corrected chi connectivity index (χ0v) is 37.0. The van der Waals surface area contributed by atoms with Crippen LogP contribution in [-0.4, -0.2) is 98.3 Å². The maximum atomic E-state index is 12.8. The fourth-order valence-corrected chi connectivity index (χ4v) is 8.08. The zero-order chi connectivity index (χ0) is 42.9. The number of ether oxygens (including phenoxy) is 2. The molecule has 0 saturated heterocycles. The number of carbonyl (C=O) groups excluding carboxylic acids is 2. The number of aliphatic hydroxyl groups is 5. The molecule has 0 spiro atoms. The van der Waals surface area contributed by atoms with Gasteiger partial charge in [0, 0.05) is 12.8 Å². The van der Waals surface area contributed by atoms with Crippen LogP contribution in [0.4, 0.5) is 0 Å². The molecule has 6 N–H and O–H groups in total. The molecule has 1 saturated carbocycles. The predicted molar refractivity (Wildman–Crippen MR) is 226 cm³/mol. The van der Waals surface area contributed by atoms with E-state index in [1.165, 1.54) is 109 Å². The second-order valence-corrected chi connectivity index (χ2v) is 17.7. The fourth-order valence-electron chi connectivity index (χ4n) is 7.11. The lowest BCUT2D eigenvalue weighted by Crippen LogP contribution is -2.64. The van der Waals surface area contributed by atoms with Crippen molar-refractivity contribution in [3.05, 3.63) is 12.2 Å². The Labute approximate surface area is 350 Å². The Balaban J connectivity index is 2.38. The molecule has 6 unspecified atom stereocenters. The molecular formula is C44H83O13P. The van der Waals surface area contributed by atoms with Crippen LogP contribution in [0.25, 0.3) is 0 Å². The molecule has 1 rings (SSSR count). The summed E-state index contributed by atoms with van der Waals surface area (Å²) in [5.41, 5.74) is 0. The van der Waals surface area contributed by atoms with Crippen molar-refractivity contribution >= 4 is 19.8 Å². The first kappa shape index (κ1) is 54.6. The van der Waals surface area contributed by atoms with Crippen LogP contribution in [0.3, 0.4) is 0 Å². The van der Waals surface area contributed by atoms with Gasteiger partial charge in [-0.3, -0.25) is 18.6 Å². The van der Waals surface area contributed by atoms with Crippen molar-refractivity contribution in [2.24, 2.45) is 0 Å². The van der Waals surface area contributed by atoms with Gasteiger partial charge in [0.15, 0.2) is 6.10 Å². The van der Waals surface area contributed by atoms with E-state index in [0.29, 0.717) is 12.8 Å². The Hall–Kier alpha value is -1.41. The number of esters is 2. The molecule has 1 fully saturated rings. The lowest BCUT2D eigenvalue weighted by molar-refractivity contribution is -0.220. The summed E-state index contributed by atoms with van der Waals surface area (Å²) < 4.78 is 33.4. The van der Waals surface area contributed by atoms with E-state index in [1.807, 2.05) is 0 Å². The van der Waals surface area contributed by atoms with E-state index in [-0.39, 0.29) is 12.8 Å². The molecule has 1 aliphatic carbocycles. The minimum atomic E-state index is -5.11. The van der Waals surface area contributed by atoms with E-state index >= 15 is 0 Å². The summed E-state index contributed by atoms with van der Waals surface area (Å²) >= 11 is 0. The van der Waals surface area contributed by atoms with Crippen LogP contribution in [0.2, 0.25) is 0 Å². The van der Waals surface area contributed by atoms with E-state index in [1.54, 1.807) is 0 Å². The second kappa shape index (κ2) is 35.2. The normalized spacial score (nSPS) is 22.6. The molecule has 0 aromatic carbocycles. The van der Waals surface area contributed by atoms with Crippen LogP contribution >= 0.6 is 7.82 Å². The first-order valence-electron chi connectivity index (χ1n) is 23.0. The monoisotopic (exact) mass is 851 g/mol. The van der Waals surface area contributed by atoms with E-state index in [9.17, 15) is 44.6 Å². The van der Waals surface area contributed by atoms with Crippen molar-refractivity contribution in [2.75, 3.05) is 13.2 Å². The number of hydrogen-bond acceptors (Lipinski definition) is 12. The third-order valence-electron chi connectivity index (χ3n) is 10.9. The molecule has 14 heteroatoms. The lowest BCUT2D eigenvalue weighted by Gasteiger charge is -2.41. The first-order valence-corrected chi connectivity index (χ1v) is 24.5. The van der Waals surface area contributed by atoms with Crippen LogP contribution in [0.1, 0.15) is 200 Å². The molecule has 0 aromatic heterocycles. The molecule has 0 bridgehead atoms. The highest BCUT2D eigenvalue weighted by molar-refractivity contribution is 7.47. The average Bonchev–Trinajstić information content (AvgIpc) is 3.20. The summed E-state index contributed by atoms with van der Waals surface area (Å²) in [5, 5.41) is 50.0. The van der Waals surface area contributed by atoms with Crippen LogP contribution < -0.4 is 0 Å². The molecule has 0 heterocycles. The van der Waals surface area contributed by atoms with Gasteiger partial charge in [-0.05, 0) is 38.5 Å². The molecule has 0 aliphatic heterocycles. The van der Waals surface area contributed by atoms with Gasteiger partial charge in [0.05, 0.1) is 6.61 Å². The SMILES string of the molecule is CCCCCCCCCC/C=C\CCCCCCCCCCCC(=O)OC(COC(=O)CCCCCCCCCC)COP(=O)(O)OC1C(O)C(O)C(O)C(O)C1O. The Bertz CT molecular complexity index is 1080. The molecule has 13 nitrogen and oxygen atoms in total. The predicted octanol–water partition coefficient (Wildman–Crippen LogP) is 8.67. The highest BCUT2D eigenvalue weighted by atomic mass is 31.2. The number of aliphatic hydroxyl groups excluding tert-OH is 5. The van der Waals surface area contributed by atoms with Crippen molar-refractivity contribution in [2.45, 2.75) is 243 Å². The highest BCUT2D eigenvalue weighted by Gasteiger charge is 2.51. The smallest absolute Gasteiger partial charge is 0.462 e. The van der Waals surface area contributed by atoms with Gasteiger partial charge in [0.1, 0.15) is 43.2 Å². The van der Waals surface area contributed by atoms with Gasteiger partial charge in [-0.15, -0.1) is 0 Å². The van der Waals surface area contributed by atoms with E-state index in [4.69, 9.17) is 18.5 Å². The second-order valence-electron chi connectivity index (χ2n) is 16.3. The lowest BCUT2D eigenvalue weighted by atomic mass is 9.85. The van der Waals surface area contributed by atoms with Gasteiger partial charge in [-0.2, -0.15) is 0 Å². The van der Waals surface area contributed by atoms with Crippen molar-refractivity contribution in [1.82, 2.24) is 0 Å². The standard InChI is InChI=1S/C44H83O13P/c1-3-5-7-9-11-13-14-15-16-17-18-19-20-21-22-23-24-25-27-29-31-33-38(46)56-36(34-54-37(45)32-30-28-26-12-10-8-6-4-2)35-55-58(52,53)57-44-42(50)40(48)39(47)41(49)43(44)51/h17-18,36,39-44,47-51H,3-16,19-35H2,1-2H3,(H,52,53)/b18-17-. The molecule has 1 aliphatic rings. The zero-order valence-electron chi connectivity index (χ0n) is 36.1. The van der Waals surface area contributed by atoms with Gasteiger partial charge in [-0.1, -0.05) is 161 Å². The third kappa shape index (κ3) is 27.4. The maximum Gasteiger partial charge on any atom is 0.472 e. The molecule has 58 heavy (non-hydrogen) atoms. The third-order valence-corrected chi connectivity index (χ3v) is 11.8. The molecular weight excluding hydrogens is 767 g/mol. The van der Waals surface area contributed by atoms with E-state index < -0.39 is 75.7 Å². The van der Waals surface area contributed by atoms with Crippen LogP contribution in [0.15, 0.2) is 12.2 Å². The number of hydrogen-bond donors (Lipinski definition) is 6. The van der Waals surface area contributed by atoms with Crippen molar-refractivity contribution < 1.29 is 63.1 Å². The Morgan fingerprint density at radius 2 is 0.879 bits per heavy atom. The Morgan fingerprint density at radius 3 is 1.31 bits per heavy atom. The summed E-state index contributed by atoms with van der Waals surface area (Å²) in [6.07, 6.45) is 23.0. The Kier molecular flexibility index (Phi) is 33.2. The average molecular weight is 851 g/mol. The molecule has 0 radical (unpaired) electrons. The minimum absolute atomic E-state index is 0.0983. The molecule has 0 amide bonds. The topological polar surface area (TPSA) is 210 Å². The Morgan fingerprint density at radius 1 is 0.517 bits per heavy atom. The summed E-state index contributed by atoms with van der Waals surface area (Å²) in [6, 6.07) is 0. The van der Waals surface area contributed by atoms with Gasteiger partial charge in [0.25, 0.3) is 0 Å². The summed E-state index contributed by atoms with van der Waals surface area (Å²) in [6.45, 7) is 3.26. The number of unbranched alkanes of at least 4 members (excludes halogenated alkanes) is 24. The number of phosphoric acid groups is 1. The molecule has 0 aromatic rings. The van der Waals surface area contributed by atoms with Crippen LogP contribution in [0, 0.1) is 0 Å².